The maximum Gasteiger partial charge on any atom is 0.165 e. The highest BCUT2D eigenvalue weighted by molar-refractivity contribution is 6.02. The van der Waals surface area contributed by atoms with Gasteiger partial charge in [0.05, 0.1) is 0 Å². The summed E-state index contributed by atoms with van der Waals surface area (Å²) in [5.41, 5.74) is 2.25. The molecule has 1 nitrogen and oxygen atoms in total. The summed E-state index contributed by atoms with van der Waals surface area (Å²) in [6.07, 6.45) is 6.13. The van der Waals surface area contributed by atoms with Crippen LogP contribution in [0.4, 0.5) is 0 Å². The number of allylic oxidation sites excluding steroid dienone is 4. The molecule has 94 valence electrons. The zero-order chi connectivity index (χ0) is 13.1. The first-order valence-corrected chi connectivity index (χ1v) is 6.56. The second-order valence-electron chi connectivity index (χ2n) is 7.04. The van der Waals surface area contributed by atoms with E-state index in [0.29, 0.717) is 5.78 Å². The third kappa shape index (κ3) is 1.34. The van der Waals surface area contributed by atoms with Crippen LogP contribution < -0.4 is 0 Å². The normalized spacial score (nSPS) is 29.2. The van der Waals surface area contributed by atoms with Crippen LogP contribution in [0.5, 0.6) is 0 Å². The highest BCUT2D eigenvalue weighted by atomic mass is 16.1. The summed E-state index contributed by atoms with van der Waals surface area (Å²) in [4.78, 5) is 12.7. The lowest BCUT2D eigenvalue weighted by Crippen LogP contribution is -2.54. The molecule has 0 aliphatic heterocycles. The van der Waals surface area contributed by atoms with E-state index in [-0.39, 0.29) is 16.2 Å². The topological polar surface area (TPSA) is 17.1 Å². The molecule has 0 radical (unpaired) electrons. The molecule has 0 fully saturated rings. The molecule has 0 aromatic rings. The molecule has 0 aromatic heterocycles. The van der Waals surface area contributed by atoms with E-state index in [0.717, 1.165) is 18.4 Å². The Morgan fingerprint density at radius 1 is 0.882 bits per heavy atom. The Balaban J connectivity index is 2.68. The molecule has 0 bridgehead atoms. The first-order chi connectivity index (χ1) is 7.64. The van der Waals surface area contributed by atoms with Crippen molar-refractivity contribution < 1.29 is 4.79 Å². The Morgan fingerprint density at radius 2 is 1.41 bits per heavy atom. The zero-order valence-corrected chi connectivity index (χ0v) is 12.0. The van der Waals surface area contributed by atoms with Crippen LogP contribution in [0.15, 0.2) is 23.3 Å². The molecule has 0 amide bonds. The van der Waals surface area contributed by atoms with Gasteiger partial charge in [-0.1, -0.05) is 59.3 Å². The number of hydrogen-bond acceptors (Lipinski definition) is 1. The maximum atomic E-state index is 12.7. The van der Waals surface area contributed by atoms with Gasteiger partial charge >= 0.3 is 0 Å². The van der Waals surface area contributed by atoms with Crippen molar-refractivity contribution in [3.8, 4) is 0 Å². The molecule has 2 aliphatic carbocycles. The molecule has 0 atom stereocenters. The number of carbonyl (C=O) groups excluding carboxylic acids is 1. The van der Waals surface area contributed by atoms with Crippen LogP contribution in [0.1, 0.15) is 54.4 Å². The van der Waals surface area contributed by atoms with Gasteiger partial charge in [-0.05, 0) is 29.2 Å². The number of carbonyl (C=O) groups is 1. The van der Waals surface area contributed by atoms with E-state index in [1.807, 2.05) is 0 Å². The number of ketones is 1. The van der Waals surface area contributed by atoms with Gasteiger partial charge < -0.3 is 0 Å². The summed E-state index contributed by atoms with van der Waals surface area (Å²) < 4.78 is 0. The Hall–Kier alpha value is -0.850. The molecule has 0 aromatic carbocycles. The van der Waals surface area contributed by atoms with Crippen molar-refractivity contribution in [2.24, 2.45) is 16.2 Å². The van der Waals surface area contributed by atoms with E-state index in [1.54, 1.807) is 0 Å². The predicted octanol–water partition coefficient (Wildman–Crippen LogP) is 4.29. The lowest BCUT2D eigenvalue weighted by Gasteiger charge is -2.57. The summed E-state index contributed by atoms with van der Waals surface area (Å²) in [6.45, 7) is 13.3. The molecular weight excluding hydrogens is 208 g/mol. The summed E-state index contributed by atoms with van der Waals surface area (Å²) in [5, 5.41) is 0. The van der Waals surface area contributed by atoms with Gasteiger partial charge in [0, 0.05) is 5.41 Å². The average Bonchev–Trinajstić information content (AvgIpc) is 2.26. The molecule has 0 N–H and O–H groups in total. The third-order valence-electron chi connectivity index (χ3n) is 5.90. The van der Waals surface area contributed by atoms with Gasteiger partial charge in [-0.25, -0.2) is 0 Å². The molecule has 0 saturated heterocycles. The van der Waals surface area contributed by atoms with E-state index < -0.39 is 0 Å². The second-order valence-corrected chi connectivity index (χ2v) is 7.04. The quantitative estimate of drug-likeness (QED) is 0.569. The Labute approximate surface area is 105 Å². The zero-order valence-electron chi connectivity index (χ0n) is 12.0. The molecule has 0 heterocycles. The fourth-order valence-corrected chi connectivity index (χ4v) is 3.33. The first-order valence-electron chi connectivity index (χ1n) is 6.56. The standard InChI is InChI=1S/C16H24O/c1-14(2)12-10-8-7-9-11(12)13(17)15(3,4)16(14,5)6/h7-8H,9-10H2,1-6H3. The van der Waals surface area contributed by atoms with Crippen molar-refractivity contribution in [1.82, 2.24) is 0 Å². The summed E-state index contributed by atoms with van der Waals surface area (Å²) in [6, 6.07) is 0. The second kappa shape index (κ2) is 3.34. The smallest absolute Gasteiger partial charge is 0.165 e. The lowest BCUT2D eigenvalue weighted by molar-refractivity contribution is -0.137. The Kier molecular flexibility index (Phi) is 2.47. The first kappa shape index (κ1) is 12.6. The van der Waals surface area contributed by atoms with Crippen molar-refractivity contribution in [2.45, 2.75) is 54.4 Å². The SMILES string of the molecule is CC1(C)C(=O)C2=C(CC=CC2)C(C)(C)C1(C)C. The number of hydrogen-bond donors (Lipinski definition) is 0. The van der Waals surface area contributed by atoms with Gasteiger partial charge in [-0.3, -0.25) is 4.79 Å². The summed E-state index contributed by atoms with van der Waals surface area (Å²) in [7, 11) is 0. The monoisotopic (exact) mass is 232 g/mol. The Bertz CT molecular complexity index is 430. The molecular formula is C16H24O. The highest BCUT2D eigenvalue weighted by Gasteiger charge is 2.57. The van der Waals surface area contributed by atoms with E-state index in [1.165, 1.54) is 5.57 Å². The summed E-state index contributed by atoms with van der Waals surface area (Å²) >= 11 is 0. The molecule has 0 spiro atoms. The van der Waals surface area contributed by atoms with Crippen LogP contribution in [-0.4, -0.2) is 5.78 Å². The molecule has 0 saturated carbocycles. The average molecular weight is 232 g/mol. The van der Waals surface area contributed by atoms with Crippen LogP contribution in [0.25, 0.3) is 0 Å². The van der Waals surface area contributed by atoms with Crippen LogP contribution in [0.3, 0.4) is 0 Å². The molecule has 17 heavy (non-hydrogen) atoms. The largest absolute Gasteiger partial charge is 0.294 e. The van der Waals surface area contributed by atoms with Gasteiger partial charge in [0.25, 0.3) is 0 Å². The fraction of sp³-hybridized carbons (Fsp3) is 0.688. The number of Topliss-reactive ketones (excluding diaryl/α,β-unsaturated/α-hetero) is 1. The van der Waals surface area contributed by atoms with Crippen molar-refractivity contribution in [3.05, 3.63) is 23.3 Å². The van der Waals surface area contributed by atoms with E-state index >= 15 is 0 Å². The minimum Gasteiger partial charge on any atom is -0.294 e. The van der Waals surface area contributed by atoms with Gasteiger partial charge in [-0.2, -0.15) is 0 Å². The van der Waals surface area contributed by atoms with Gasteiger partial charge in [0.2, 0.25) is 0 Å². The lowest BCUT2D eigenvalue weighted by atomic mass is 9.46. The highest BCUT2D eigenvalue weighted by Crippen LogP contribution is 2.61. The Morgan fingerprint density at radius 3 is 2.00 bits per heavy atom. The van der Waals surface area contributed by atoms with Crippen molar-refractivity contribution in [1.29, 1.82) is 0 Å². The van der Waals surface area contributed by atoms with Crippen molar-refractivity contribution in [2.75, 3.05) is 0 Å². The minimum absolute atomic E-state index is 0.0128. The van der Waals surface area contributed by atoms with E-state index in [9.17, 15) is 4.79 Å². The van der Waals surface area contributed by atoms with Crippen LogP contribution in [-0.2, 0) is 4.79 Å². The van der Waals surface area contributed by atoms with Crippen LogP contribution in [0.2, 0.25) is 0 Å². The molecule has 0 unspecified atom stereocenters. The predicted molar refractivity (Wildman–Crippen MR) is 71.8 cm³/mol. The van der Waals surface area contributed by atoms with Crippen LogP contribution in [0, 0.1) is 16.2 Å². The van der Waals surface area contributed by atoms with Crippen LogP contribution >= 0.6 is 0 Å². The number of rotatable bonds is 0. The fourth-order valence-electron chi connectivity index (χ4n) is 3.33. The molecule has 2 aliphatic rings. The van der Waals surface area contributed by atoms with Gasteiger partial charge in [-0.15, -0.1) is 0 Å². The van der Waals surface area contributed by atoms with E-state index in [2.05, 4.69) is 53.7 Å². The van der Waals surface area contributed by atoms with Gasteiger partial charge in [0.1, 0.15) is 0 Å². The molecule has 1 heteroatoms. The third-order valence-corrected chi connectivity index (χ3v) is 5.90. The maximum absolute atomic E-state index is 12.7. The van der Waals surface area contributed by atoms with Crippen molar-refractivity contribution >= 4 is 5.78 Å². The van der Waals surface area contributed by atoms with E-state index in [4.69, 9.17) is 0 Å². The van der Waals surface area contributed by atoms with Crippen molar-refractivity contribution in [3.63, 3.8) is 0 Å². The van der Waals surface area contributed by atoms with Gasteiger partial charge in [0.15, 0.2) is 5.78 Å². The minimum atomic E-state index is -0.277. The summed E-state index contributed by atoms with van der Waals surface area (Å²) in [5.74, 6) is 0.362. The molecule has 2 rings (SSSR count).